The Bertz CT molecular complexity index is 571. The van der Waals surface area contributed by atoms with Crippen LogP contribution < -0.4 is 0 Å². The zero-order chi connectivity index (χ0) is 11.9. The SMILES string of the molecule is Cc1sc(C2(C#N)CCC2)nc1-c1cccs1. The molecule has 0 atom stereocenters. The lowest BCUT2D eigenvalue weighted by Crippen LogP contribution is -2.32. The number of rotatable bonds is 2. The lowest BCUT2D eigenvalue weighted by molar-refractivity contribution is 0.323. The largest absolute Gasteiger partial charge is 0.238 e. The molecule has 0 amide bonds. The molecular formula is C13H12N2S2. The molecule has 2 nitrogen and oxygen atoms in total. The van der Waals surface area contributed by atoms with Crippen LogP contribution in [0.2, 0.25) is 0 Å². The van der Waals surface area contributed by atoms with Gasteiger partial charge >= 0.3 is 0 Å². The molecular weight excluding hydrogens is 248 g/mol. The molecule has 0 aromatic carbocycles. The highest BCUT2D eigenvalue weighted by Crippen LogP contribution is 2.46. The Morgan fingerprint density at radius 2 is 2.29 bits per heavy atom. The number of aromatic nitrogens is 1. The molecule has 4 heteroatoms. The van der Waals surface area contributed by atoms with Crippen molar-refractivity contribution in [1.29, 1.82) is 5.26 Å². The molecule has 0 saturated heterocycles. The van der Waals surface area contributed by atoms with E-state index < -0.39 is 0 Å². The van der Waals surface area contributed by atoms with Crippen LogP contribution in [0.3, 0.4) is 0 Å². The Labute approximate surface area is 109 Å². The van der Waals surface area contributed by atoms with Crippen molar-refractivity contribution in [3.8, 4) is 16.6 Å². The summed E-state index contributed by atoms with van der Waals surface area (Å²) in [7, 11) is 0. The van der Waals surface area contributed by atoms with Crippen molar-refractivity contribution >= 4 is 22.7 Å². The highest BCUT2D eigenvalue weighted by molar-refractivity contribution is 7.15. The van der Waals surface area contributed by atoms with Gasteiger partial charge < -0.3 is 0 Å². The summed E-state index contributed by atoms with van der Waals surface area (Å²) in [5.74, 6) is 0. The highest BCUT2D eigenvalue weighted by atomic mass is 32.1. The van der Waals surface area contributed by atoms with E-state index in [0.29, 0.717) is 0 Å². The van der Waals surface area contributed by atoms with Gasteiger partial charge in [0.15, 0.2) is 0 Å². The summed E-state index contributed by atoms with van der Waals surface area (Å²) < 4.78 is 0. The molecule has 0 unspecified atom stereocenters. The molecule has 0 spiro atoms. The van der Waals surface area contributed by atoms with Gasteiger partial charge in [0.1, 0.15) is 10.4 Å². The molecule has 2 aromatic heterocycles. The van der Waals surface area contributed by atoms with Crippen LogP contribution >= 0.6 is 22.7 Å². The second-order valence-electron chi connectivity index (χ2n) is 4.45. The minimum absolute atomic E-state index is 0.273. The first-order chi connectivity index (χ1) is 8.25. The van der Waals surface area contributed by atoms with Crippen molar-refractivity contribution in [3.63, 3.8) is 0 Å². The van der Waals surface area contributed by atoms with Crippen LogP contribution in [0, 0.1) is 18.3 Å². The Hall–Kier alpha value is -1.18. The molecule has 3 rings (SSSR count). The summed E-state index contributed by atoms with van der Waals surface area (Å²) in [6, 6.07) is 6.61. The lowest BCUT2D eigenvalue weighted by Gasteiger charge is -2.32. The van der Waals surface area contributed by atoms with Crippen molar-refractivity contribution in [1.82, 2.24) is 4.98 Å². The van der Waals surface area contributed by atoms with Crippen LogP contribution in [0.25, 0.3) is 10.6 Å². The van der Waals surface area contributed by atoms with Gasteiger partial charge in [-0.3, -0.25) is 0 Å². The van der Waals surface area contributed by atoms with Crippen molar-refractivity contribution in [2.45, 2.75) is 31.6 Å². The standard InChI is InChI=1S/C13H12N2S2/c1-9-11(10-4-2-7-16-10)15-12(17-9)13(8-14)5-3-6-13/h2,4,7H,3,5-6H2,1H3. The number of hydrogen-bond donors (Lipinski definition) is 0. The topological polar surface area (TPSA) is 36.7 Å². The minimum atomic E-state index is -0.273. The van der Waals surface area contributed by atoms with Crippen LogP contribution in [-0.4, -0.2) is 4.98 Å². The summed E-state index contributed by atoms with van der Waals surface area (Å²) in [6.45, 7) is 2.10. The summed E-state index contributed by atoms with van der Waals surface area (Å²) in [5.41, 5.74) is 0.798. The van der Waals surface area contributed by atoms with E-state index in [1.54, 1.807) is 22.7 Å². The van der Waals surface area contributed by atoms with Crippen LogP contribution in [0.4, 0.5) is 0 Å². The number of nitriles is 1. The molecule has 1 fully saturated rings. The molecule has 1 aliphatic rings. The summed E-state index contributed by atoms with van der Waals surface area (Å²) in [5, 5.41) is 12.4. The average molecular weight is 260 g/mol. The maximum atomic E-state index is 9.34. The Morgan fingerprint density at radius 1 is 1.47 bits per heavy atom. The average Bonchev–Trinajstić information content (AvgIpc) is 2.86. The Balaban J connectivity index is 2.05. The fraction of sp³-hybridized carbons (Fsp3) is 0.385. The van der Waals surface area contributed by atoms with Gasteiger partial charge in [0.2, 0.25) is 0 Å². The first-order valence-electron chi connectivity index (χ1n) is 5.68. The molecule has 1 aliphatic carbocycles. The van der Waals surface area contributed by atoms with Gasteiger partial charge in [-0.25, -0.2) is 4.98 Å². The smallest absolute Gasteiger partial charge is 0.114 e. The zero-order valence-electron chi connectivity index (χ0n) is 9.56. The normalized spacial score (nSPS) is 17.4. The second kappa shape index (κ2) is 3.94. The van der Waals surface area contributed by atoms with Gasteiger partial charge in [0.05, 0.1) is 16.6 Å². The maximum Gasteiger partial charge on any atom is 0.114 e. The summed E-state index contributed by atoms with van der Waals surface area (Å²) in [6.07, 6.45) is 3.10. The van der Waals surface area contributed by atoms with E-state index in [4.69, 9.17) is 4.98 Å². The number of aryl methyl sites for hydroxylation is 1. The van der Waals surface area contributed by atoms with E-state index in [-0.39, 0.29) is 5.41 Å². The summed E-state index contributed by atoms with van der Waals surface area (Å²) >= 11 is 3.40. The van der Waals surface area contributed by atoms with Crippen molar-refractivity contribution in [2.24, 2.45) is 0 Å². The third-order valence-corrected chi connectivity index (χ3v) is 5.43. The molecule has 2 aromatic rings. The fourth-order valence-corrected chi connectivity index (χ4v) is 4.11. The predicted octanol–water partition coefficient (Wildman–Crippen LogP) is 4.13. The number of nitrogens with zero attached hydrogens (tertiary/aromatic N) is 2. The molecule has 17 heavy (non-hydrogen) atoms. The minimum Gasteiger partial charge on any atom is -0.238 e. The van der Waals surface area contributed by atoms with E-state index >= 15 is 0 Å². The highest BCUT2D eigenvalue weighted by Gasteiger charge is 2.42. The predicted molar refractivity (Wildman–Crippen MR) is 71.3 cm³/mol. The van der Waals surface area contributed by atoms with Crippen LogP contribution in [-0.2, 0) is 5.41 Å². The van der Waals surface area contributed by atoms with Gasteiger partial charge in [-0.1, -0.05) is 6.07 Å². The lowest BCUT2D eigenvalue weighted by atomic mass is 9.70. The number of thiophene rings is 1. The molecule has 2 heterocycles. The molecule has 1 saturated carbocycles. The van der Waals surface area contributed by atoms with E-state index in [2.05, 4.69) is 24.4 Å². The fourth-order valence-electron chi connectivity index (χ4n) is 2.15. The Morgan fingerprint density at radius 3 is 2.82 bits per heavy atom. The molecule has 0 bridgehead atoms. The van der Waals surface area contributed by atoms with Crippen LogP contribution in [0.1, 0.15) is 29.1 Å². The van der Waals surface area contributed by atoms with Gasteiger partial charge in [-0.05, 0) is 37.6 Å². The van der Waals surface area contributed by atoms with Gasteiger partial charge in [0.25, 0.3) is 0 Å². The van der Waals surface area contributed by atoms with Crippen molar-refractivity contribution < 1.29 is 0 Å². The van der Waals surface area contributed by atoms with E-state index in [1.807, 2.05) is 6.07 Å². The molecule has 86 valence electrons. The van der Waals surface area contributed by atoms with Crippen LogP contribution in [0.15, 0.2) is 17.5 Å². The quantitative estimate of drug-likeness (QED) is 0.814. The Kier molecular flexibility index (Phi) is 2.53. The maximum absolute atomic E-state index is 9.34. The molecule has 0 radical (unpaired) electrons. The van der Waals surface area contributed by atoms with Gasteiger partial charge in [-0.15, -0.1) is 22.7 Å². The molecule has 0 N–H and O–H groups in total. The van der Waals surface area contributed by atoms with Crippen LogP contribution in [0.5, 0.6) is 0 Å². The molecule has 0 aliphatic heterocycles. The van der Waals surface area contributed by atoms with Crippen molar-refractivity contribution in [3.05, 3.63) is 27.4 Å². The zero-order valence-corrected chi connectivity index (χ0v) is 11.2. The van der Waals surface area contributed by atoms with Crippen molar-refractivity contribution in [2.75, 3.05) is 0 Å². The summed E-state index contributed by atoms with van der Waals surface area (Å²) in [4.78, 5) is 7.16. The number of hydrogen-bond acceptors (Lipinski definition) is 4. The first-order valence-corrected chi connectivity index (χ1v) is 7.38. The second-order valence-corrected chi connectivity index (χ2v) is 6.60. The van der Waals surface area contributed by atoms with E-state index in [0.717, 1.165) is 30.0 Å². The van der Waals surface area contributed by atoms with E-state index in [9.17, 15) is 5.26 Å². The van der Waals surface area contributed by atoms with E-state index in [1.165, 1.54) is 9.75 Å². The number of thiazole rings is 1. The first kappa shape index (κ1) is 10.9. The monoisotopic (exact) mass is 260 g/mol. The third kappa shape index (κ3) is 1.62. The van der Waals surface area contributed by atoms with Gasteiger partial charge in [0, 0.05) is 4.88 Å². The van der Waals surface area contributed by atoms with Gasteiger partial charge in [-0.2, -0.15) is 5.26 Å². The third-order valence-electron chi connectivity index (χ3n) is 3.38.